The molecule has 0 aromatic heterocycles. The molecular weight excluding hydrogens is 187 g/mol. The van der Waals surface area contributed by atoms with Crippen molar-refractivity contribution < 1.29 is 9.90 Å². The molecule has 0 amide bonds. The summed E-state index contributed by atoms with van der Waals surface area (Å²) in [5.41, 5.74) is 3.34. The van der Waals surface area contributed by atoms with Crippen molar-refractivity contribution in [2.75, 3.05) is 0 Å². The molecule has 1 aromatic rings. The average molecular weight is 203 g/mol. The van der Waals surface area contributed by atoms with Crippen LogP contribution in [0.3, 0.4) is 0 Å². The van der Waals surface area contributed by atoms with Crippen molar-refractivity contribution in [1.29, 1.82) is 0 Å². The number of carboxylic acid groups (broad SMARTS) is 1. The van der Waals surface area contributed by atoms with Gasteiger partial charge in [0.2, 0.25) is 0 Å². The van der Waals surface area contributed by atoms with Crippen molar-refractivity contribution in [2.45, 2.75) is 33.4 Å². The average Bonchev–Trinajstić information content (AvgIpc) is 2.16. The first kappa shape index (κ1) is 11.8. The molecule has 0 aliphatic heterocycles. The number of carbonyl (C=O) groups is 1. The summed E-state index contributed by atoms with van der Waals surface area (Å²) >= 11 is 0. The van der Waals surface area contributed by atoms with Crippen LogP contribution in [0.2, 0.25) is 13.1 Å². The topological polar surface area (TPSA) is 37.3 Å². The van der Waals surface area contributed by atoms with Crippen LogP contribution < -0.4 is 0 Å². The second kappa shape index (κ2) is 5.01. The molecule has 0 saturated heterocycles. The molecule has 1 rings (SSSR count). The fourth-order valence-electron chi connectivity index (χ4n) is 1.79. The van der Waals surface area contributed by atoms with Gasteiger partial charge in [-0.2, -0.15) is 0 Å². The van der Waals surface area contributed by atoms with Crippen molar-refractivity contribution in [1.82, 2.24) is 0 Å². The van der Waals surface area contributed by atoms with Gasteiger partial charge >= 0.3 is 5.97 Å². The molecule has 0 aliphatic carbocycles. The van der Waals surface area contributed by atoms with Gasteiger partial charge in [-0.1, -0.05) is 25.3 Å². The van der Waals surface area contributed by atoms with E-state index in [9.17, 15) is 4.79 Å². The monoisotopic (exact) mass is 203 g/mol. The molecule has 0 saturated carbocycles. The number of rotatable bonds is 4. The van der Waals surface area contributed by atoms with Crippen molar-refractivity contribution in [3.05, 3.63) is 34.4 Å². The second-order valence-corrected chi connectivity index (χ2v) is 3.79. The van der Waals surface area contributed by atoms with Crippen LogP contribution in [0.1, 0.15) is 27.0 Å². The van der Waals surface area contributed by atoms with Gasteiger partial charge in [0.1, 0.15) is 7.28 Å². The summed E-state index contributed by atoms with van der Waals surface area (Å²) in [6.45, 7) is 5.75. The number of carboxylic acids is 1. The summed E-state index contributed by atoms with van der Waals surface area (Å²) in [5, 5.41) is 9.09. The maximum absolute atomic E-state index is 11.1. The lowest BCUT2D eigenvalue weighted by atomic mass is 9.75. The highest BCUT2D eigenvalue weighted by atomic mass is 16.4. The Morgan fingerprint density at radius 1 is 1.40 bits per heavy atom. The SMILES string of the molecule is C[B]CCc1ccc(C)c(C(=O)O)c1C. The second-order valence-electron chi connectivity index (χ2n) is 3.79. The van der Waals surface area contributed by atoms with Crippen LogP contribution in [0.15, 0.2) is 12.1 Å². The van der Waals surface area contributed by atoms with E-state index in [-0.39, 0.29) is 0 Å². The zero-order chi connectivity index (χ0) is 11.4. The van der Waals surface area contributed by atoms with Gasteiger partial charge in [0, 0.05) is 0 Å². The summed E-state index contributed by atoms with van der Waals surface area (Å²) in [7, 11) is 2.10. The lowest BCUT2D eigenvalue weighted by molar-refractivity contribution is 0.0695. The molecule has 79 valence electrons. The lowest BCUT2D eigenvalue weighted by Gasteiger charge is -2.10. The zero-order valence-electron chi connectivity index (χ0n) is 9.50. The predicted octanol–water partition coefficient (Wildman–Crippen LogP) is 2.71. The van der Waals surface area contributed by atoms with Crippen molar-refractivity contribution in [3.63, 3.8) is 0 Å². The Morgan fingerprint density at radius 2 is 2.07 bits per heavy atom. The highest BCUT2D eigenvalue weighted by Gasteiger charge is 2.13. The van der Waals surface area contributed by atoms with E-state index in [1.54, 1.807) is 0 Å². The Morgan fingerprint density at radius 3 is 2.60 bits per heavy atom. The predicted molar refractivity (Wildman–Crippen MR) is 63.0 cm³/mol. The lowest BCUT2D eigenvalue weighted by Crippen LogP contribution is -2.06. The standard InChI is InChI=1S/C12H16BO2/c1-8-4-5-10(6-7-13-3)9(2)11(8)12(14)15/h4-5H,6-7H2,1-3H3,(H,14,15). The molecular formula is C12H16BO2. The molecule has 1 radical (unpaired) electrons. The first-order valence-corrected chi connectivity index (χ1v) is 5.18. The highest BCUT2D eigenvalue weighted by molar-refractivity contribution is 6.33. The molecule has 0 unspecified atom stereocenters. The molecule has 0 fully saturated rings. The van der Waals surface area contributed by atoms with E-state index >= 15 is 0 Å². The van der Waals surface area contributed by atoms with Gasteiger partial charge in [-0.3, -0.25) is 0 Å². The van der Waals surface area contributed by atoms with Crippen LogP contribution in [0.4, 0.5) is 0 Å². The number of benzene rings is 1. The largest absolute Gasteiger partial charge is 0.478 e. The molecule has 3 heteroatoms. The van der Waals surface area contributed by atoms with Crippen LogP contribution in [0.5, 0.6) is 0 Å². The molecule has 0 spiro atoms. The first-order chi connectivity index (χ1) is 7.07. The molecule has 0 atom stereocenters. The maximum Gasteiger partial charge on any atom is 0.336 e. The summed E-state index contributed by atoms with van der Waals surface area (Å²) in [4.78, 5) is 11.1. The van der Waals surface area contributed by atoms with E-state index in [0.29, 0.717) is 5.56 Å². The van der Waals surface area contributed by atoms with Crippen molar-refractivity contribution in [2.24, 2.45) is 0 Å². The highest BCUT2D eigenvalue weighted by Crippen LogP contribution is 2.19. The number of hydrogen-bond acceptors (Lipinski definition) is 1. The Hall–Kier alpha value is -1.25. The van der Waals surface area contributed by atoms with E-state index in [0.717, 1.165) is 29.4 Å². The number of hydrogen-bond donors (Lipinski definition) is 1. The summed E-state index contributed by atoms with van der Waals surface area (Å²) in [5.74, 6) is -0.827. The van der Waals surface area contributed by atoms with Crippen LogP contribution in [0.25, 0.3) is 0 Å². The van der Waals surface area contributed by atoms with Gasteiger partial charge in [-0.05, 0) is 37.0 Å². The van der Waals surface area contributed by atoms with Crippen LogP contribution in [0, 0.1) is 13.8 Å². The van der Waals surface area contributed by atoms with Gasteiger partial charge < -0.3 is 5.11 Å². The molecule has 15 heavy (non-hydrogen) atoms. The minimum absolute atomic E-state index is 0.462. The van der Waals surface area contributed by atoms with Crippen molar-refractivity contribution >= 4 is 13.2 Å². The summed E-state index contributed by atoms with van der Waals surface area (Å²) in [6.07, 6.45) is 1.91. The Bertz CT molecular complexity index is 372. The summed E-state index contributed by atoms with van der Waals surface area (Å²) in [6, 6.07) is 3.92. The van der Waals surface area contributed by atoms with Crippen molar-refractivity contribution in [3.8, 4) is 0 Å². The van der Waals surface area contributed by atoms with E-state index in [2.05, 4.69) is 7.28 Å². The van der Waals surface area contributed by atoms with E-state index in [1.165, 1.54) is 0 Å². The Labute approximate surface area is 91.6 Å². The van der Waals surface area contributed by atoms with Gasteiger partial charge in [0.05, 0.1) is 5.56 Å². The zero-order valence-corrected chi connectivity index (χ0v) is 9.50. The van der Waals surface area contributed by atoms with Gasteiger partial charge in [-0.25, -0.2) is 4.79 Å². The van der Waals surface area contributed by atoms with E-state index in [1.807, 2.05) is 32.8 Å². The van der Waals surface area contributed by atoms with E-state index in [4.69, 9.17) is 5.11 Å². The smallest absolute Gasteiger partial charge is 0.336 e. The molecule has 0 bridgehead atoms. The van der Waals surface area contributed by atoms with Gasteiger partial charge in [0.25, 0.3) is 0 Å². The molecule has 1 N–H and O–H groups in total. The molecule has 0 aliphatic rings. The fourth-order valence-corrected chi connectivity index (χ4v) is 1.79. The summed E-state index contributed by atoms with van der Waals surface area (Å²) < 4.78 is 0. The number of aromatic carboxylic acids is 1. The van der Waals surface area contributed by atoms with E-state index < -0.39 is 5.97 Å². The van der Waals surface area contributed by atoms with Crippen LogP contribution in [-0.2, 0) is 6.42 Å². The molecule has 2 nitrogen and oxygen atoms in total. The third-order valence-electron chi connectivity index (χ3n) is 2.70. The normalized spacial score (nSPS) is 10.1. The Kier molecular flexibility index (Phi) is 3.95. The third-order valence-corrected chi connectivity index (χ3v) is 2.70. The maximum atomic E-state index is 11.1. The quantitative estimate of drug-likeness (QED) is 0.763. The minimum Gasteiger partial charge on any atom is -0.478 e. The Balaban J connectivity index is 3.11. The van der Waals surface area contributed by atoms with Gasteiger partial charge in [-0.15, -0.1) is 0 Å². The molecule has 0 heterocycles. The minimum atomic E-state index is -0.827. The fraction of sp³-hybridized carbons (Fsp3) is 0.417. The van der Waals surface area contributed by atoms with Crippen LogP contribution >= 0.6 is 0 Å². The molecule has 1 aromatic carbocycles. The third kappa shape index (κ3) is 2.61. The first-order valence-electron chi connectivity index (χ1n) is 5.18. The van der Waals surface area contributed by atoms with Gasteiger partial charge in [0.15, 0.2) is 0 Å². The van der Waals surface area contributed by atoms with Crippen LogP contribution in [-0.4, -0.2) is 18.4 Å². The number of aryl methyl sites for hydroxylation is 2.